The van der Waals surface area contributed by atoms with Crippen LogP contribution in [-0.2, 0) is 12.2 Å². The molecule has 0 amide bonds. The fourth-order valence-corrected chi connectivity index (χ4v) is 5.48. The molecule has 35 heavy (non-hydrogen) atoms. The zero-order valence-corrected chi connectivity index (χ0v) is 18.8. The highest BCUT2D eigenvalue weighted by Crippen LogP contribution is 2.52. The quantitative estimate of drug-likeness (QED) is 0.247. The van der Waals surface area contributed by atoms with Crippen molar-refractivity contribution in [2.24, 2.45) is 0 Å². The van der Waals surface area contributed by atoms with Gasteiger partial charge in [-0.1, -0.05) is 36.0 Å². The van der Waals surface area contributed by atoms with Crippen molar-refractivity contribution in [3.05, 3.63) is 75.6 Å². The number of halogens is 6. The lowest BCUT2D eigenvalue weighted by Gasteiger charge is -2.30. The molecule has 0 saturated carbocycles. The van der Waals surface area contributed by atoms with Crippen LogP contribution in [0.25, 0.3) is 22.1 Å². The third-order valence-corrected chi connectivity index (χ3v) is 7.23. The van der Waals surface area contributed by atoms with Gasteiger partial charge in [0.25, 0.3) is 5.60 Å². The maximum atomic E-state index is 13.1. The summed E-state index contributed by atoms with van der Waals surface area (Å²) in [6.07, 6.45) is -11.7. The van der Waals surface area contributed by atoms with Crippen molar-refractivity contribution >= 4 is 34.1 Å². The fraction of sp³-hybridized carbons (Fsp3) is 0.182. The molecule has 0 bridgehead atoms. The van der Waals surface area contributed by atoms with Crippen molar-refractivity contribution < 1.29 is 41.0 Å². The summed E-state index contributed by atoms with van der Waals surface area (Å²) in [6, 6.07) is 12.6. The fourth-order valence-electron chi connectivity index (χ4n) is 3.36. The molecule has 4 aromatic rings. The van der Waals surface area contributed by atoms with Crippen molar-refractivity contribution in [2.75, 3.05) is 0 Å². The summed E-state index contributed by atoms with van der Waals surface area (Å²) in [5.74, 6) is 0. The number of thiazole rings is 1. The number of aliphatic hydroxyl groups is 2. The van der Waals surface area contributed by atoms with Gasteiger partial charge in [0.15, 0.2) is 4.34 Å². The lowest BCUT2D eigenvalue weighted by atomic mass is 9.97. The Morgan fingerprint density at radius 3 is 2.31 bits per heavy atom. The van der Waals surface area contributed by atoms with Gasteiger partial charge in [-0.15, -0.1) is 11.3 Å². The van der Waals surface area contributed by atoms with E-state index in [0.717, 1.165) is 11.8 Å². The number of fused-ring (bicyclic) bond motifs is 1. The van der Waals surface area contributed by atoms with E-state index in [2.05, 4.69) is 4.98 Å². The smallest absolute Gasteiger partial charge is 0.423 e. The molecule has 2 aromatic heterocycles. The van der Waals surface area contributed by atoms with Crippen LogP contribution in [0.2, 0.25) is 0 Å². The van der Waals surface area contributed by atoms with Crippen LogP contribution >= 0.6 is 23.1 Å². The van der Waals surface area contributed by atoms with Crippen molar-refractivity contribution in [2.45, 2.75) is 33.8 Å². The van der Waals surface area contributed by atoms with Crippen LogP contribution in [0.5, 0.6) is 0 Å². The van der Waals surface area contributed by atoms with E-state index >= 15 is 0 Å². The first-order valence-electron chi connectivity index (χ1n) is 9.62. The first-order valence-corrected chi connectivity index (χ1v) is 11.3. The van der Waals surface area contributed by atoms with Gasteiger partial charge in [-0.25, -0.2) is 9.78 Å². The van der Waals surface area contributed by atoms with Gasteiger partial charge in [-0.05, 0) is 29.3 Å². The Kier molecular flexibility index (Phi) is 6.47. The highest BCUT2D eigenvalue weighted by Gasteiger charge is 2.72. The second-order valence-electron chi connectivity index (χ2n) is 7.25. The largest absolute Gasteiger partial charge is 0.431 e. The summed E-state index contributed by atoms with van der Waals surface area (Å²) < 4.78 is 83.7. The van der Waals surface area contributed by atoms with Crippen LogP contribution in [-0.4, -0.2) is 27.5 Å². The number of rotatable bonds is 5. The number of aromatic nitrogens is 1. The van der Waals surface area contributed by atoms with Gasteiger partial charge in [0.1, 0.15) is 5.58 Å². The third kappa shape index (κ3) is 4.56. The van der Waals surface area contributed by atoms with E-state index in [9.17, 15) is 41.4 Å². The summed E-state index contributed by atoms with van der Waals surface area (Å²) in [5.41, 5.74) is -3.99. The van der Waals surface area contributed by atoms with E-state index in [1.807, 2.05) is 0 Å². The first kappa shape index (κ1) is 25.2. The van der Waals surface area contributed by atoms with Crippen LogP contribution in [0.4, 0.5) is 26.3 Å². The standard InChI is InChI=1S/C22H13F6NO4S2/c23-21(24,25)20(32,22(26,27)28)17-9-29-19(35-17)34-12-5-6-14-15(8-18(31)33-16(14)7-12)13-4-2-1-3-11(13)10-30/h1-9,30,32H,10H2. The molecular formula is C22H13F6NO4S2. The highest BCUT2D eigenvalue weighted by atomic mass is 32.2. The molecule has 0 spiro atoms. The number of nitrogens with zero attached hydrogens (tertiary/aromatic N) is 1. The molecular weight excluding hydrogens is 520 g/mol. The van der Waals surface area contributed by atoms with E-state index in [1.54, 1.807) is 30.3 Å². The van der Waals surface area contributed by atoms with Gasteiger partial charge < -0.3 is 14.6 Å². The number of hydrogen-bond donors (Lipinski definition) is 2. The molecule has 0 aliphatic carbocycles. The van der Waals surface area contributed by atoms with Crippen LogP contribution in [0.1, 0.15) is 10.4 Å². The van der Waals surface area contributed by atoms with E-state index in [0.29, 0.717) is 33.2 Å². The summed E-state index contributed by atoms with van der Waals surface area (Å²) >= 11 is 0.779. The van der Waals surface area contributed by atoms with Gasteiger partial charge in [-0.3, -0.25) is 0 Å². The molecule has 0 aliphatic heterocycles. The normalized spacial score (nSPS) is 12.9. The van der Waals surface area contributed by atoms with Crippen molar-refractivity contribution in [3.8, 4) is 11.1 Å². The van der Waals surface area contributed by atoms with Crippen LogP contribution < -0.4 is 5.63 Å². The molecule has 0 saturated heterocycles. The van der Waals surface area contributed by atoms with Gasteiger partial charge >= 0.3 is 18.0 Å². The van der Waals surface area contributed by atoms with Crippen molar-refractivity contribution in [1.82, 2.24) is 4.98 Å². The molecule has 2 aromatic carbocycles. The molecule has 2 N–H and O–H groups in total. The second-order valence-corrected chi connectivity index (χ2v) is 9.60. The van der Waals surface area contributed by atoms with Gasteiger partial charge in [0.2, 0.25) is 0 Å². The summed E-state index contributed by atoms with van der Waals surface area (Å²) in [6.45, 7) is -0.277. The molecule has 5 nitrogen and oxygen atoms in total. The topological polar surface area (TPSA) is 83.6 Å². The number of benzene rings is 2. The molecule has 0 radical (unpaired) electrons. The molecule has 0 fully saturated rings. The number of hydrogen-bond acceptors (Lipinski definition) is 7. The van der Waals surface area contributed by atoms with E-state index in [4.69, 9.17) is 4.42 Å². The molecule has 0 aliphatic rings. The Morgan fingerprint density at radius 1 is 0.971 bits per heavy atom. The Labute approximate surface area is 200 Å². The van der Waals surface area contributed by atoms with Crippen LogP contribution in [0.3, 0.4) is 0 Å². The Hall–Kier alpha value is -2.87. The summed E-state index contributed by atoms with van der Waals surface area (Å²) in [7, 11) is 0. The molecule has 184 valence electrons. The van der Waals surface area contributed by atoms with Crippen LogP contribution in [0.15, 0.2) is 73.2 Å². The van der Waals surface area contributed by atoms with Gasteiger partial charge in [0, 0.05) is 28.1 Å². The summed E-state index contributed by atoms with van der Waals surface area (Å²) in [5, 5.41) is 19.7. The Morgan fingerprint density at radius 2 is 1.66 bits per heavy atom. The molecule has 2 heterocycles. The van der Waals surface area contributed by atoms with Gasteiger partial charge in [-0.2, -0.15) is 26.3 Å². The lowest BCUT2D eigenvalue weighted by Crippen LogP contribution is -2.53. The average Bonchev–Trinajstić information content (AvgIpc) is 3.24. The van der Waals surface area contributed by atoms with Crippen molar-refractivity contribution in [3.63, 3.8) is 0 Å². The van der Waals surface area contributed by atoms with Crippen molar-refractivity contribution in [1.29, 1.82) is 0 Å². The van der Waals surface area contributed by atoms with Gasteiger partial charge in [0.05, 0.1) is 11.5 Å². The maximum Gasteiger partial charge on any atom is 0.431 e. The summed E-state index contributed by atoms with van der Waals surface area (Å²) in [4.78, 5) is 14.6. The molecule has 4 rings (SSSR count). The Balaban J connectivity index is 1.72. The highest BCUT2D eigenvalue weighted by molar-refractivity contribution is 8.01. The zero-order valence-electron chi connectivity index (χ0n) is 17.1. The first-order chi connectivity index (χ1) is 16.3. The predicted octanol–water partition coefficient (Wildman–Crippen LogP) is 5.87. The molecule has 0 atom stereocenters. The molecule has 13 heteroatoms. The zero-order chi connectivity index (χ0) is 25.6. The lowest BCUT2D eigenvalue weighted by molar-refractivity contribution is -0.375. The number of alkyl halides is 6. The SMILES string of the molecule is O=c1cc(-c2ccccc2CO)c2ccc(Sc3ncc(C(O)(C(F)(F)F)C(F)(F)F)s3)cc2o1. The predicted molar refractivity (Wildman–Crippen MR) is 116 cm³/mol. The third-order valence-electron chi connectivity index (χ3n) is 5.06. The maximum absolute atomic E-state index is 13.1. The minimum absolute atomic E-state index is 0.0436. The second kappa shape index (κ2) is 8.97. The minimum Gasteiger partial charge on any atom is -0.423 e. The van der Waals surface area contributed by atoms with E-state index < -0.39 is 28.5 Å². The van der Waals surface area contributed by atoms with E-state index in [1.165, 1.54) is 18.2 Å². The monoisotopic (exact) mass is 533 g/mol. The van der Waals surface area contributed by atoms with E-state index in [-0.39, 0.29) is 27.9 Å². The minimum atomic E-state index is -6.01. The number of aliphatic hydroxyl groups excluding tert-OH is 1. The average molecular weight is 533 g/mol. The van der Waals surface area contributed by atoms with Crippen LogP contribution in [0, 0.1) is 0 Å². The molecule has 0 unspecified atom stereocenters. The Bertz CT molecular complexity index is 1430.